The summed E-state index contributed by atoms with van der Waals surface area (Å²) in [4.78, 5) is 12.1. The maximum atomic E-state index is 10.5. The van der Waals surface area contributed by atoms with Crippen molar-refractivity contribution < 1.29 is 9.34 Å². The van der Waals surface area contributed by atoms with Crippen LogP contribution in [0.25, 0.3) is 0 Å². The first-order valence-electron chi connectivity index (χ1n) is 5.89. The number of piperidine rings is 1. The summed E-state index contributed by atoms with van der Waals surface area (Å²) in [5, 5.41) is 19.5. The molecule has 1 aliphatic heterocycles. The highest BCUT2D eigenvalue weighted by Crippen LogP contribution is 2.30. The molecule has 0 spiro atoms. The molecule has 0 saturated carbocycles. The SMILES string of the molecule is CC1(C#N)CCN(Cc2ccc([N+](=O)[O-])o2)CC1. The molecule has 0 bridgehead atoms. The molecule has 1 aromatic rings. The number of nitro groups is 1. The monoisotopic (exact) mass is 249 g/mol. The molecule has 18 heavy (non-hydrogen) atoms. The minimum Gasteiger partial charge on any atom is -0.404 e. The maximum Gasteiger partial charge on any atom is 0.433 e. The largest absolute Gasteiger partial charge is 0.433 e. The van der Waals surface area contributed by atoms with Crippen LogP contribution in [-0.4, -0.2) is 22.9 Å². The molecule has 1 aromatic heterocycles. The zero-order chi connectivity index (χ0) is 13.2. The van der Waals surface area contributed by atoms with Crippen molar-refractivity contribution in [1.29, 1.82) is 5.26 Å². The molecule has 0 amide bonds. The van der Waals surface area contributed by atoms with Gasteiger partial charge in [0.1, 0.15) is 10.7 Å². The Morgan fingerprint density at radius 3 is 2.72 bits per heavy atom. The average Bonchev–Trinajstić information content (AvgIpc) is 2.81. The van der Waals surface area contributed by atoms with Crippen LogP contribution in [0.1, 0.15) is 25.5 Å². The molecule has 6 nitrogen and oxygen atoms in total. The second-order valence-electron chi connectivity index (χ2n) is 4.95. The van der Waals surface area contributed by atoms with Gasteiger partial charge < -0.3 is 4.42 Å². The Hall–Kier alpha value is -1.87. The third-order valence-corrected chi connectivity index (χ3v) is 3.44. The minimum absolute atomic E-state index is 0.219. The smallest absolute Gasteiger partial charge is 0.404 e. The highest BCUT2D eigenvalue weighted by molar-refractivity contribution is 5.17. The number of likely N-dealkylation sites (tertiary alicyclic amines) is 1. The number of hydrogen-bond acceptors (Lipinski definition) is 5. The van der Waals surface area contributed by atoms with E-state index in [1.54, 1.807) is 6.07 Å². The number of nitriles is 1. The molecule has 1 fully saturated rings. The zero-order valence-corrected chi connectivity index (χ0v) is 10.3. The molecule has 1 aliphatic rings. The fraction of sp³-hybridized carbons (Fsp3) is 0.583. The van der Waals surface area contributed by atoms with Crippen molar-refractivity contribution in [2.24, 2.45) is 5.41 Å². The van der Waals surface area contributed by atoms with Crippen molar-refractivity contribution in [1.82, 2.24) is 4.90 Å². The van der Waals surface area contributed by atoms with E-state index in [1.165, 1.54) is 6.07 Å². The van der Waals surface area contributed by atoms with Gasteiger partial charge in [-0.15, -0.1) is 0 Å². The summed E-state index contributed by atoms with van der Waals surface area (Å²) in [5.74, 6) is 0.381. The van der Waals surface area contributed by atoms with E-state index in [1.807, 2.05) is 6.92 Å². The summed E-state index contributed by atoms with van der Waals surface area (Å²) in [5.41, 5.74) is -0.230. The summed E-state index contributed by atoms with van der Waals surface area (Å²) in [6, 6.07) is 5.35. The lowest BCUT2D eigenvalue weighted by Crippen LogP contribution is -2.37. The Morgan fingerprint density at radius 1 is 1.56 bits per heavy atom. The fourth-order valence-electron chi connectivity index (χ4n) is 2.09. The quantitative estimate of drug-likeness (QED) is 0.606. The number of hydrogen-bond donors (Lipinski definition) is 0. The highest BCUT2D eigenvalue weighted by atomic mass is 16.6. The third kappa shape index (κ3) is 2.68. The Balaban J connectivity index is 1.92. The van der Waals surface area contributed by atoms with Gasteiger partial charge in [0.25, 0.3) is 0 Å². The van der Waals surface area contributed by atoms with Crippen molar-refractivity contribution in [2.75, 3.05) is 13.1 Å². The van der Waals surface area contributed by atoms with Gasteiger partial charge in [0, 0.05) is 13.1 Å². The van der Waals surface area contributed by atoms with Gasteiger partial charge in [0.05, 0.1) is 24.1 Å². The van der Waals surface area contributed by atoms with Gasteiger partial charge in [0.2, 0.25) is 0 Å². The van der Waals surface area contributed by atoms with E-state index in [0.29, 0.717) is 12.3 Å². The molecule has 2 rings (SSSR count). The minimum atomic E-state index is -0.535. The normalized spacial score (nSPS) is 19.3. The lowest BCUT2D eigenvalue weighted by Gasteiger charge is -2.34. The van der Waals surface area contributed by atoms with Crippen LogP contribution in [0.4, 0.5) is 5.88 Å². The molecular formula is C12H15N3O3. The maximum absolute atomic E-state index is 10.5. The highest BCUT2D eigenvalue weighted by Gasteiger charge is 2.30. The number of nitrogens with zero attached hydrogens (tertiary/aromatic N) is 3. The standard InChI is InChI=1S/C12H15N3O3/c1-12(9-13)4-6-14(7-5-12)8-10-2-3-11(18-10)15(16)17/h2-3H,4-8H2,1H3. The zero-order valence-electron chi connectivity index (χ0n) is 10.3. The first-order chi connectivity index (χ1) is 8.52. The molecule has 0 aromatic carbocycles. The van der Waals surface area contributed by atoms with Gasteiger partial charge in [-0.3, -0.25) is 15.0 Å². The van der Waals surface area contributed by atoms with Crippen molar-refractivity contribution in [3.63, 3.8) is 0 Å². The average molecular weight is 249 g/mol. The topological polar surface area (TPSA) is 83.3 Å². The van der Waals surface area contributed by atoms with E-state index in [0.717, 1.165) is 25.9 Å². The Bertz CT molecular complexity index is 481. The molecule has 0 unspecified atom stereocenters. The molecule has 96 valence electrons. The summed E-state index contributed by atoms with van der Waals surface area (Å²) in [6.07, 6.45) is 1.65. The fourth-order valence-corrected chi connectivity index (χ4v) is 2.09. The predicted molar refractivity (Wildman–Crippen MR) is 63.6 cm³/mol. The van der Waals surface area contributed by atoms with Gasteiger partial charge >= 0.3 is 5.88 Å². The second kappa shape index (κ2) is 4.78. The molecule has 6 heteroatoms. The summed E-state index contributed by atoms with van der Waals surface area (Å²) < 4.78 is 5.12. The van der Waals surface area contributed by atoms with Crippen molar-refractivity contribution in [2.45, 2.75) is 26.3 Å². The van der Waals surface area contributed by atoms with E-state index < -0.39 is 4.92 Å². The van der Waals surface area contributed by atoms with Crippen LogP contribution in [0, 0.1) is 26.9 Å². The molecule has 0 atom stereocenters. The van der Waals surface area contributed by atoms with Crippen molar-refractivity contribution in [3.8, 4) is 6.07 Å². The van der Waals surface area contributed by atoms with Gasteiger partial charge in [-0.2, -0.15) is 5.26 Å². The van der Waals surface area contributed by atoms with Gasteiger partial charge in [-0.25, -0.2) is 0 Å². The Labute approximate surface area is 105 Å². The Morgan fingerprint density at radius 2 is 2.22 bits per heavy atom. The van der Waals surface area contributed by atoms with Gasteiger partial charge in [0.15, 0.2) is 0 Å². The molecule has 0 aliphatic carbocycles. The van der Waals surface area contributed by atoms with Crippen LogP contribution in [0.2, 0.25) is 0 Å². The predicted octanol–water partition coefficient (Wildman–Crippen LogP) is 2.31. The molecular weight excluding hydrogens is 234 g/mol. The van der Waals surface area contributed by atoms with Crippen LogP contribution in [0.5, 0.6) is 0 Å². The van der Waals surface area contributed by atoms with Gasteiger partial charge in [-0.1, -0.05) is 0 Å². The van der Waals surface area contributed by atoms with Crippen LogP contribution in [0.15, 0.2) is 16.5 Å². The van der Waals surface area contributed by atoms with E-state index in [2.05, 4.69) is 11.0 Å². The second-order valence-corrected chi connectivity index (χ2v) is 4.95. The lowest BCUT2D eigenvalue weighted by atomic mass is 9.82. The summed E-state index contributed by atoms with van der Waals surface area (Å²) in [6.45, 7) is 4.18. The molecule has 0 N–H and O–H groups in total. The first kappa shape index (κ1) is 12.6. The molecule has 1 saturated heterocycles. The van der Waals surface area contributed by atoms with Crippen LogP contribution in [-0.2, 0) is 6.54 Å². The van der Waals surface area contributed by atoms with E-state index in [4.69, 9.17) is 9.68 Å². The van der Waals surface area contributed by atoms with Crippen molar-refractivity contribution >= 4 is 5.88 Å². The van der Waals surface area contributed by atoms with Gasteiger partial charge in [-0.05, 0) is 25.8 Å². The number of rotatable bonds is 3. The van der Waals surface area contributed by atoms with Crippen LogP contribution in [0.3, 0.4) is 0 Å². The number of furan rings is 1. The third-order valence-electron chi connectivity index (χ3n) is 3.44. The van der Waals surface area contributed by atoms with Crippen LogP contribution >= 0.6 is 0 Å². The van der Waals surface area contributed by atoms with E-state index in [9.17, 15) is 10.1 Å². The lowest BCUT2D eigenvalue weighted by molar-refractivity contribution is -0.402. The van der Waals surface area contributed by atoms with Crippen LogP contribution < -0.4 is 0 Å². The van der Waals surface area contributed by atoms with Crippen molar-refractivity contribution in [3.05, 3.63) is 28.0 Å². The molecule has 0 radical (unpaired) electrons. The Kier molecular flexibility index (Phi) is 3.34. The van der Waals surface area contributed by atoms with E-state index in [-0.39, 0.29) is 11.3 Å². The first-order valence-corrected chi connectivity index (χ1v) is 5.89. The summed E-state index contributed by atoms with van der Waals surface area (Å²) >= 11 is 0. The molecule has 2 heterocycles. The van der Waals surface area contributed by atoms with E-state index >= 15 is 0 Å². The summed E-state index contributed by atoms with van der Waals surface area (Å²) in [7, 11) is 0.